The summed E-state index contributed by atoms with van der Waals surface area (Å²) in [5.41, 5.74) is 6.18. The van der Waals surface area contributed by atoms with E-state index in [0.29, 0.717) is 6.04 Å². The SMILES string of the molecule is c1ccc(-c2n[nH]cc2CN2CCCC(Nc3nc4c(c(N5CCCCCC5)n3)CCC4)C2)cc1. The first-order valence-corrected chi connectivity index (χ1v) is 13.6. The lowest BCUT2D eigenvalue weighted by molar-refractivity contribution is 0.208. The summed E-state index contributed by atoms with van der Waals surface area (Å²) in [6, 6.07) is 10.8. The van der Waals surface area contributed by atoms with Gasteiger partial charge in [-0.05, 0) is 51.5 Å². The van der Waals surface area contributed by atoms with Crippen LogP contribution in [0.5, 0.6) is 0 Å². The monoisotopic (exact) mass is 471 g/mol. The van der Waals surface area contributed by atoms with Gasteiger partial charge in [0, 0.05) is 55.1 Å². The number of fused-ring (bicyclic) bond motifs is 1. The van der Waals surface area contributed by atoms with Gasteiger partial charge in [-0.1, -0.05) is 43.2 Å². The number of benzene rings is 1. The first-order valence-electron chi connectivity index (χ1n) is 13.6. The molecule has 3 aliphatic rings. The first-order chi connectivity index (χ1) is 17.3. The van der Waals surface area contributed by atoms with Gasteiger partial charge in [0.25, 0.3) is 0 Å². The van der Waals surface area contributed by atoms with Gasteiger partial charge in [-0.2, -0.15) is 10.1 Å². The lowest BCUT2D eigenvalue weighted by Gasteiger charge is -2.33. The van der Waals surface area contributed by atoms with Gasteiger partial charge < -0.3 is 10.2 Å². The van der Waals surface area contributed by atoms with Crippen LogP contribution in [0.2, 0.25) is 0 Å². The molecule has 7 nitrogen and oxygen atoms in total. The van der Waals surface area contributed by atoms with Crippen molar-refractivity contribution in [3.05, 3.63) is 53.3 Å². The van der Waals surface area contributed by atoms with Crippen molar-refractivity contribution in [3.8, 4) is 11.3 Å². The third-order valence-electron chi connectivity index (χ3n) is 7.82. The fourth-order valence-corrected chi connectivity index (χ4v) is 6.04. The molecule has 2 N–H and O–H groups in total. The average molecular weight is 472 g/mol. The molecule has 2 fully saturated rings. The summed E-state index contributed by atoms with van der Waals surface area (Å²) in [6.07, 6.45) is 13.1. The van der Waals surface area contributed by atoms with Gasteiger partial charge in [0.1, 0.15) is 5.82 Å². The second kappa shape index (κ2) is 10.4. The van der Waals surface area contributed by atoms with Gasteiger partial charge in [0.05, 0.1) is 11.4 Å². The highest BCUT2D eigenvalue weighted by Crippen LogP contribution is 2.32. The van der Waals surface area contributed by atoms with Crippen molar-refractivity contribution >= 4 is 11.8 Å². The Bertz CT molecular complexity index is 1120. The highest BCUT2D eigenvalue weighted by Gasteiger charge is 2.26. The van der Waals surface area contributed by atoms with Crippen molar-refractivity contribution in [2.75, 3.05) is 36.4 Å². The van der Waals surface area contributed by atoms with Crippen molar-refractivity contribution in [2.45, 2.75) is 70.4 Å². The molecule has 1 aromatic carbocycles. The van der Waals surface area contributed by atoms with E-state index in [2.05, 4.69) is 61.8 Å². The molecule has 7 heteroatoms. The number of hydrogen-bond donors (Lipinski definition) is 2. The van der Waals surface area contributed by atoms with Crippen molar-refractivity contribution in [1.29, 1.82) is 0 Å². The van der Waals surface area contributed by atoms with E-state index in [-0.39, 0.29) is 0 Å². The van der Waals surface area contributed by atoms with E-state index in [4.69, 9.17) is 9.97 Å². The maximum atomic E-state index is 5.13. The number of aromatic nitrogens is 4. The maximum Gasteiger partial charge on any atom is 0.225 e. The highest BCUT2D eigenvalue weighted by atomic mass is 15.3. The molecule has 0 radical (unpaired) electrons. The van der Waals surface area contributed by atoms with Gasteiger partial charge >= 0.3 is 0 Å². The molecular weight excluding hydrogens is 434 g/mol. The molecule has 1 atom stereocenters. The first kappa shape index (κ1) is 22.5. The van der Waals surface area contributed by atoms with E-state index in [1.54, 1.807) is 0 Å². The molecule has 2 saturated heterocycles. The molecule has 1 unspecified atom stereocenters. The standard InChI is InChI=1S/C28H37N7/c1-2-7-17-35(16-6-1)27-24-13-8-14-25(24)31-28(32-27)30-23-12-9-15-34(20-23)19-22-18-29-33-26(22)21-10-4-3-5-11-21/h3-5,10-11,18,23H,1-2,6-9,12-17,19-20H2,(H,29,33)(H,30,31,32). The number of aromatic amines is 1. The summed E-state index contributed by atoms with van der Waals surface area (Å²) in [5.74, 6) is 2.06. The molecule has 0 saturated carbocycles. The van der Waals surface area contributed by atoms with Gasteiger partial charge in [-0.15, -0.1) is 0 Å². The summed E-state index contributed by atoms with van der Waals surface area (Å²) in [5, 5.41) is 11.4. The number of nitrogens with one attached hydrogen (secondary N) is 2. The van der Waals surface area contributed by atoms with Gasteiger partial charge in [-0.3, -0.25) is 10.00 Å². The Balaban J connectivity index is 1.16. The Morgan fingerprint density at radius 3 is 2.63 bits per heavy atom. The molecule has 184 valence electrons. The molecule has 0 spiro atoms. The van der Waals surface area contributed by atoms with Crippen molar-refractivity contribution in [2.24, 2.45) is 0 Å². The molecule has 4 heterocycles. The molecule has 2 aliphatic heterocycles. The maximum absolute atomic E-state index is 5.13. The van der Waals surface area contributed by atoms with Crippen molar-refractivity contribution in [1.82, 2.24) is 25.1 Å². The minimum absolute atomic E-state index is 0.368. The Morgan fingerprint density at radius 1 is 0.914 bits per heavy atom. The van der Waals surface area contributed by atoms with Crippen LogP contribution in [0, 0.1) is 0 Å². The number of H-pyrrole nitrogens is 1. The summed E-state index contributed by atoms with van der Waals surface area (Å²) in [7, 11) is 0. The van der Waals surface area contributed by atoms with Gasteiger partial charge in [0.15, 0.2) is 0 Å². The van der Waals surface area contributed by atoms with Gasteiger partial charge in [0.2, 0.25) is 5.95 Å². The summed E-state index contributed by atoms with van der Waals surface area (Å²) < 4.78 is 0. The number of hydrogen-bond acceptors (Lipinski definition) is 6. The number of anilines is 2. The molecule has 2 aromatic heterocycles. The molecule has 1 aliphatic carbocycles. The van der Waals surface area contributed by atoms with E-state index in [9.17, 15) is 0 Å². The van der Waals surface area contributed by atoms with Crippen LogP contribution in [0.4, 0.5) is 11.8 Å². The van der Waals surface area contributed by atoms with Crippen molar-refractivity contribution in [3.63, 3.8) is 0 Å². The van der Waals surface area contributed by atoms with E-state index >= 15 is 0 Å². The minimum Gasteiger partial charge on any atom is -0.356 e. The van der Waals surface area contributed by atoms with Crippen LogP contribution in [0.15, 0.2) is 36.5 Å². The zero-order chi connectivity index (χ0) is 23.5. The third-order valence-corrected chi connectivity index (χ3v) is 7.82. The van der Waals surface area contributed by atoms with Crippen LogP contribution < -0.4 is 10.2 Å². The van der Waals surface area contributed by atoms with E-state index < -0.39 is 0 Å². The Morgan fingerprint density at radius 2 is 1.77 bits per heavy atom. The van der Waals surface area contributed by atoms with Gasteiger partial charge in [-0.25, -0.2) is 4.98 Å². The van der Waals surface area contributed by atoms with Crippen LogP contribution in [0.1, 0.15) is 61.8 Å². The molecule has 6 rings (SSSR count). The molecule has 3 aromatic rings. The number of piperidine rings is 1. The average Bonchev–Trinajstić information content (AvgIpc) is 3.46. The van der Waals surface area contributed by atoms with Crippen LogP contribution >= 0.6 is 0 Å². The van der Waals surface area contributed by atoms with Crippen molar-refractivity contribution < 1.29 is 0 Å². The Kier molecular flexibility index (Phi) is 6.67. The molecule has 0 amide bonds. The fraction of sp³-hybridized carbons (Fsp3) is 0.536. The Hall–Kier alpha value is -2.93. The lowest BCUT2D eigenvalue weighted by atomic mass is 10.0. The lowest BCUT2D eigenvalue weighted by Crippen LogP contribution is -2.42. The summed E-state index contributed by atoms with van der Waals surface area (Å²) in [6.45, 7) is 5.28. The quantitative estimate of drug-likeness (QED) is 0.537. The van der Waals surface area contributed by atoms with Crippen LogP contribution in [0.25, 0.3) is 11.3 Å². The topological polar surface area (TPSA) is 73.0 Å². The number of aryl methyl sites for hydroxylation is 1. The highest BCUT2D eigenvalue weighted by molar-refractivity contribution is 5.62. The predicted octanol–water partition coefficient (Wildman–Crippen LogP) is 4.81. The largest absolute Gasteiger partial charge is 0.356 e. The number of likely N-dealkylation sites (tertiary alicyclic amines) is 1. The number of nitrogens with zero attached hydrogens (tertiary/aromatic N) is 5. The molecule has 0 bridgehead atoms. The fourth-order valence-electron chi connectivity index (χ4n) is 6.04. The van der Waals surface area contributed by atoms with Crippen LogP contribution in [-0.4, -0.2) is 57.3 Å². The van der Waals surface area contributed by atoms with Crippen LogP contribution in [-0.2, 0) is 19.4 Å². The van der Waals surface area contributed by atoms with E-state index in [1.165, 1.54) is 66.7 Å². The second-order valence-corrected chi connectivity index (χ2v) is 10.4. The Labute approximate surface area is 208 Å². The minimum atomic E-state index is 0.368. The second-order valence-electron chi connectivity index (χ2n) is 10.4. The summed E-state index contributed by atoms with van der Waals surface area (Å²) in [4.78, 5) is 15.2. The van der Waals surface area contributed by atoms with E-state index in [0.717, 1.165) is 63.6 Å². The summed E-state index contributed by atoms with van der Waals surface area (Å²) >= 11 is 0. The third kappa shape index (κ3) is 5.06. The number of rotatable bonds is 6. The van der Waals surface area contributed by atoms with Crippen LogP contribution in [0.3, 0.4) is 0 Å². The smallest absolute Gasteiger partial charge is 0.225 e. The zero-order valence-corrected chi connectivity index (χ0v) is 20.7. The predicted molar refractivity (Wildman–Crippen MR) is 141 cm³/mol. The zero-order valence-electron chi connectivity index (χ0n) is 20.7. The molecular formula is C28H37N7. The normalized spacial score (nSPS) is 21.0. The molecule has 35 heavy (non-hydrogen) atoms. The van der Waals surface area contributed by atoms with E-state index in [1.807, 2.05) is 0 Å².